The van der Waals surface area contributed by atoms with Gasteiger partial charge in [0, 0.05) is 24.6 Å². The molecule has 11 heteroatoms. The monoisotopic (exact) mass is 487 g/mol. The first-order valence-corrected chi connectivity index (χ1v) is 11.8. The first-order chi connectivity index (χ1) is 15.5. The van der Waals surface area contributed by atoms with E-state index in [4.69, 9.17) is 10.8 Å². The van der Waals surface area contributed by atoms with Gasteiger partial charge in [-0.05, 0) is 48.9 Å². The van der Waals surface area contributed by atoms with Gasteiger partial charge in [0.05, 0.1) is 17.8 Å². The first-order valence-electron chi connectivity index (χ1n) is 11.0. The minimum Gasteiger partial charge on any atom is -0.481 e. The van der Waals surface area contributed by atoms with E-state index in [0.717, 1.165) is 43.6 Å². The average Bonchev–Trinajstić information content (AvgIpc) is 3.18. The molecule has 0 unspecified atom stereocenters. The fourth-order valence-corrected chi connectivity index (χ4v) is 4.10. The van der Waals surface area contributed by atoms with Crippen molar-refractivity contribution < 1.29 is 23.1 Å². The van der Waals surface area contributed by atoms with Crippen molar-refractivity contribution in [3.63, 3.8) is 0 Å². The number of carboxylic acid groups (broad SMARTS) is 1. The fourth-order valence-electron chi connectivity index (χ4n) is 3.50. The van der Waals surface area contributed by atoms with E-state index in [1.54, 1.807) is 13.0 Å². The minimum atomic E-state index is -4.62. The van der Waals surface area contributed by atoms with E-state index < -0.39 is 18.0 Å². The maximum atomic E-state index is 13.0. The van der Waals surface area contributed by atoms with E-state index in [-0.39, 0.29) is 17.5 Å². The van der Waals surface area contributed by atoms with Gasteiger partial charge in [-0.2, -0.15) is 22.5 Å². The molecule has 0 saturated heterocycles. The molecular formula is C22H32F3N5O2S. The summed E-state index contributed by atoms with van der Waals surface area (Å²) in [5, 5.41) is 12.2. The molecule has 4 N–H and O–H groups in total. The Labute approximate surface area is 196 Å². The van der Waals surface area contributed by atoms with Crippen LogP contribution in [0.5, 0.6) is 0 Å². The van der Waals surface area contributed by atoms with Gasteiger partial charge in [0.25, 0.3) is 0 Å². The number of hydrogen-bond donors (Lipinski definition) is 3. The van der Waals surface area contributed by atoms with Crippen molar-refractivity contribution in [2.45, 2.75) is 58.5 Å². The van der Waals surface area contributed by atoms with E-state index >= 15 is 0 Å². The van der Waals surface area contributed by atoms with Gasteiger partial charge >= 0.3 is 12.1 Å². The van der Waals surface area contributed by atoms with Crippen molar-refractivity contribution in [3.05, 3.63) is 29.6 Å². The average molecular weight is 488 g/mol. The lowest BCUT2D eigenvalue weighted by Gasteiger charge is -2.29. The number of carbonyl (C=O) groups is 1. The largest absolute Gasteiger partial charge is 0.481 e. The van der Waals surface area contributed by atoms with E-state index in [0.29, 0.717) is 29.7 Å². The maximum absolute atomic E-state index is 13.0. The van der Waals surface area contributed by atoms with Gasteiger partial charge in [0.15, 0.2) is 0 Å². The molecule has 1 aromatic heterocycles. The normalized spacial score (nSPS) is 12.7. The first kappa shape index (κ1) is 26.8. The van der Waals surface area contributed by atoms with Gasteiger partial charge in [-0.3, -0.25) is 4.79 Å². The Morgan fingerprint density at radius 1 is 1.24 bits per heavy atom. The number of unbranched alkanes of at least 4 members (excludes halogenated alkanes) is 2. The zero-order valence-corrected chi connectivity index (χ0v) is 20.0. The zero-order chi connectivity index (χ0) is 24.6. The molecule has 0 bridgehead atoms. The number of nitrogens with two attached hydrogens (primary N) is 1. The topological polar surface area (TPSA) is 104 Å². The van der Waals surface area contributed by atoms with Crippen LogP contribution in [0, 0.1) is 5.92 Å². The van der Waals surface area contributed by atoms with Crippen LogP contribution in [0.2, 0.25) is 0 Å². The number of carboxylic acids is 1. The summed E-state index contributed by atoms with van der Waals surface area (Å²) in [6.45, 7) is 8.16. The summed E-state index contributed by atoms with van der Waals surface area (Å²) in [5.41, 5.74) is 7.78. The SMILES string of the molecule is CC(C)CN(CCCCCN)c1ccc([C@H](C)CC(=O)O)cc1Nc1nc(C(F)(F)F)ns1. The quantitative estimate of drug-likeness (QED) is 0.322. The zero-order valence-electron chi connectivity index (χ0n) is 19.2. The van der Waals surface area contributed by atoms with Crippen LogP contribution in [0.4, 0.5) is 29.7 Å². The Kier molecular flexibility index (Phi) is 9.90. The molecule has 2 aromatic rings. The number of aliphatic carboxylic acids is 1. The van der Waals surface area contributed by atoms with E-state index in [1.807, 2.05) is 12.1 Å². The molecule has 0 radical (unpaired) electrons. The number of anilines is 3. The Morgan fingerprint density at radius 3 is 2.55 bits per heavy atom. The standard InChI is InChI=1S/C22H32F3N5O2S/c1-14(2)13-30(10-6-4-5-9-26)18-8-7-16(15(3)11-19(31)32)12-17(18)27-21-28-20(29-33-21)22(23,24)25/h7-8,12,14-15H,4-6,9-11,13,26H2,1-3H3,(H,31,32)(H,27,28,29)/t15-/m1/s1. The Hall–Kier alpha value is -2.40. The molecule has 2 rings (SSSR count). The van der Waals surface area contributed by atoms with Crippen LogP contribution in [0.3, 0.4) is 0 Å². The molecule has 0 aliphatic heterocycles. The van der Waals surface area contributed by atoms with Gasteiger partial charge in [0.1, 0.15) is 0 Å². The maximum Gasteiger partial charge on any atom is 0.452 e. The molecule has 184 valence electrons. The number of halogens is 3. The molecule has 1 aromatic carbocycles. The van der Waals surface area contributed by atoms with Crippen molar-refractivity contribution in [3.8, 4) is 0 Å². The number of nitrogens with one attached hydrogen (secondary N) is 1. The molecule has 0 aliphatic carbocycles. The molecule has 7 nitrogen and oxygen atoms in total. The fraction of sp³-hybridized carbons (Fsp3) is 0.591. The van der Waals surface area contributed by atoms with Gasteiger partial charge in [0.2, 0.25) is 11.0 Å². The number of aromatic nitrogens is 2. The highest BCUT2D eigenvalue weighted by Gasteiger charge is 2.36. The number of rotatable bonds is 13. The highest BCUT2D eigenvalue weighted by molar-refractivity contribution is 7.09. The van der Waals surface area contributed by atoms with Gasteiger partial charge < -0.3 is 21.1 Å². The smallest absolute Gasteiger partial charge is 0.452 e. The lowest BCUT2D eigenvalue weighted by molar-refractivity contribution is -0.144. The van der Waals surface area contributed by atoms with Crippen LogP contribution in [0.1, 0.15) is 63.8 Å². The van der Waals surface area contributed by atoms with Crippen molar-refractivity contribution in [1.82, 2.24) is 9.36 Å². The molecule has 33 heavy (non-hydrogen) atoms. The van der Waals surface area contributed by atoms with E-state index in [1.165, 1.54) is 0 Å². The number of benzene rings is 1. The minimum absolute atomic E-state index is 0.0271. The van der Waals surface area contributed by atoms with Crippen LogP contribution in [0.15, 0.2) is 18.2 Å². The second kappa shape index (κ2) is 12.2. The second-order valence-corrected chi connectivity index (χ2v) is 9.26. The molecule has 0 amide bonds. The molecule has 0 aliphatic rings. The molecular weight excluding hydrogens is 455 g/mol. The number of alkyl halides is 3. The summed E-state index contributed by atoms with van der Waals surface area (Å²) in [6, 6.07) is 5.57. The summed E-state index contributed by atoms with van der Waals surface area (Å²) < 4.78 is 42.3. The highest BCUT2D eigenvalue weighted by atomic mass is 32.1. The molecule has 1 heterocycles. The Balaban J connectivity index is 2.41. The van der Waals surface area contributed by atoms with Gasteiger partial charge in [-0.25, -0.2) is 0 Å². The third-order valence-electron chi connectivity index (χ3n) is 5.05. The van der Waals surface area contributed by atoms with Crippen LogP contribution < -0.4 is 16.0 Å². The van der Waals surface area contributed by atoms with E-state index in [2.05, 4.69) is 33.4 Å². The van der Waals surface area contributed by atoms with Gasteiger partial charge in [-0.15, -0.1) is 0 Å². The van der Waals surface area contributed by atoms with Crippen LogP contribution in [-0.4, -0.2) is 40.1 Å². The summed E-state index contributed by atoms with van der Waals surface area (Å²) >= 11 is 0.636. The molecule has 0 saturated carbocycles. The van der Waals surface area contributed by atoms with Crippen LogP contribution in [0.25, 0.3) is 0 Å². The van der Waals surface area contributed by atoms with Crippen molar-refractivity contribution in [1.29, 1.82) is 0 Å². The second-order valence-electron chi connectivity index (χ2n) is 8.51. The summed E-state index contributed by atoms with van der Waals surface area (Å²) in [5.74, 6) is -2.01. The third-order valence-corrected chi connectivity index (χ3v) is 5.68. The summed E-state index contributed by atoms with van der Waals surface area (Å²) in [7, 11) is 0. The predicted molar refractivity (Wildman–Crippen MR) is 125 cm³/mol. The Bertz CT molecular complexity index is 904. The van der Waals surface area contributed by atoms with Crippen molar-refractivity contribution in [2.24, 2.45) is 11.7 Å². The molecule has 1 atom stereocenters. The third kappa shape index (κ3) is 8.47. The highest BCUT2D eigenvalue weighted by Crippen LogP contribution is 2.36. The number of nitrogens with zero attached hydrogens (tertiary/aromatic N) is 3. The lowest BCUT2D eigenvalue weighted by atomic mass is 9.96. The Morgan fingerprint density at radius 2 is 1.97 bits per heavy atom. The van der Waals surface area contributed by atoms with E-state index in [9.17, 15) is 18.0 Å². The van der Waals surface area contributed by atoms with Crippen molar-refractivity contribution in [2.75, 3.05) is 29.9 Å². The van der Waals surface area contributed by atoms with Crippen LogP contribution in [-0.2, 0) is 11.0 Å². The predicted octanol–water partition coefficient (Wildman–Crippen LogP) is 5.47. The van der Waals surface area contributed by atoms with Crippen molar-refractivity contribution >= 4 is 34.0 Å². The summed E-state index contributed by atoms with van der Waals surface area (Å²) in [4.78, 5) is 17.0. The summed E-state index contributed by atoms with van der Waals surface area (Å²) in [6.07, 6.45) is -1.84. The molecule has 0 fully saturated rings. The molecule has 0 spiro atoms. The lowest BCUT2D eigenvalue weighted by Crippen LogP contribution is -2.29. The van der Waals surface area contributed by atoms with Crippen LogP contribution >= 0.6 is 11.5 Å². The number of hydrogen-bond acceptors (Lipinski definition) is 7. The van der Waals surface area contributed by atoms with Gasteiger partial charge in [-0.1, -0.05) is 33.3 Å².